The summed E-state index contributed by atoms with van der Waals surface area (Å²) in [4.78, 5) is 14.2. The largest absolute Gasteiger partial charge is 0.339 e. The molecule has 3 atom stereocenters. The summed E-state index contributed by atoms with van der Waals surface area (Å²) in [6.45, 7) is 7.89. The summed E-state index contributed by atoms with van der Waals surface area (Å²) in [5.41, 5.74) is 5.49. The average molecular weight is 212 g/mol. The molecule has 1 rings (SSSR count). The van der Waals surface area contributed by atoms with E-state index in [-0.39, 0.29) is 5.92 Å². The lowest BCUT2D eigenvalue weighted by molar-refractivity contribution is -0.139. The van der Waals surface area contributed by atoms with Crippen LogP contribution in [0.1, 0.15) is 40.0 Å². The van der Waals surface area contributed by atoms with Crippen molar-refractivity contribution in [3.63, 3.8) is 0 Å². The van der Waals surface area contributed by atoms with Crippen LogP contribution < -0.4 is 5.73 Å². The van der Waals surface area contributed by atoms with Crippen LogP contribution in [0.15, 0.2) is 0 Å². The SMILES string of the molecule is CC1CCC(C)N(C(=O)C(C)CCN)C1. The summed E-state index contributed by atoms with van der Waals surface area (Å²) in [5, 5.41) is 0. The summed E-state index contributed by atoms with van der Waals surface area (Å²) in [6, 6.07) is 0.411. The van der Waals surface area contributed by atoms with E-state index in [4.69, 9.17) is 5.73 Å². The molecule has 0 aromatic heterocycles. The third-order valence-electron chi connectivity index (χ3n) is 3.42. The smallest absolute Gasteiger partial charge is 0.225 e. The molecule has 0 spiro atoms. The molecule has 1 aliphatic rings. The lowest BCUT2D eigenvalue weighted by Crippen LogP contribution is -2.47. The molecular formula is C12H24N2O. The van der Waals surface area contributed by atoms with Crippen LogP contribution in [0.5, 0.6) is 0 Å². The minimum Gasteiger partial charge on any atom is -0.339 e. The molecule has 88 valence electrons. The van der Waals surface area contributed by atoms with Crippen LogP contribution in [-0.2, 0) is 4.79 Å². The Bertz CT molecular complexity index is 218. The molecule has 0 aromatic carbocycles. The number of amides is 1. The Morgan fingerprint density at radius 2 is 2.13 bits per heavy atom. The molecule has 1 saturated heterocycles. The second-order valence-electron chi connectivity index (χ2n) is 5.00. The van der Waals surface area contributed by atoms with Gasteiger partial charge in [0.05, 0.1) is 0 Å². The van der Waals surface area contributed by atoms with Crippen molar-refractivity contribution in [1.29, 1.82) is 0 Å². The Morgan fingerprint density at radius 3 is 2.73 bits per heavy atom. The van der Waals surface area contributed by atoms with Crippen LogP contribution in [0.25, 0.3) is 0 Å². The molecule has 2 N–H and O–H groups in total. The van der Waals surface area contributed by atoms with Crippen LogP contribution in [0.2, 0.25) is 0 Å². The maximum absolute atomic E-state index is 12.1. The van der Waals surface area contributed by atoms with Gasteiger partial charge in [-0.1, -0.05) is 13.8 Å². The average Bonchev–Trinajstić information content (AvgIpc) is 2.21. The third kappa shape index (κ3) is 3.20. The zero-order valence-electron chi connectivity index (χ0n) is 10.2. The zero-order valence-corrected chi connectivity index (χ0v) is 10.2. The minimum atomic E-state index is 0.0859. The Labute approximate surface area is 93.0 Å². The van der Waals surface area contributed by atoms with Gasteiger partial charge in [-0.2, -0.15) is 0 Å². The van der Waals surface area contributed by atoms with Crippen molar-refractivity contribution >= 4 is 5.91 Å². The maximum atomic E-state index is 12.1. The first-order chi connectivity index (χ1) is 7.06. The first-order valence-corrected chi connectivity index (χ1v) is 6.06. The molecule has 0 aliphatic carbocycles. The number of carbonyl (C=O) groups is 1. The highest BCUT2D eigenvalue weighted by atomic mass is 16.2. The number of likely N-dealkylation sites (tertiary alicyclic amines) is 1. The van der Waals surface area contributed by atoms with E-state index in [1.54, 1.807) is 0 Å². The molecule has 0 aromatic rings. The van der Waals surface area contributed by atoms with Gasteiger partial charge >= 0.3 is 0 Å². The van der Waals surface area contributed by atoms with Crippen molar-refractivity contribution in [3.8, 4) is 0 Å². The molecule has 0 saturated carbocycles. The second kappa shape index (κ2) is 5.50. The van der Waals surface area contributed by atoms with Gasteiger partial charge in [-0.3, -0.25) is 4.79 Å². The highest BCUT2D eigenvalue weighted by Crippen LogP contribution is 2.23. The molecule has 1 aliphatic heterocycles. The van der Waals surface area contributed by atoms with Gasteiger partial charge in [0.15, 0.2) is 0 Å². The van der Waals surface area contributed by atoms with Crippen LogP contribution in [0, 0.1) is 11.8 Å². The monoisotopic (exact) mass is 212 g/mol. The topological polar surface area (TPSA) is 46.3 Å². The third-order valence-corrected chi connectivity index (χ3v) is 3.42. The second-order valence-corrected chi connectivity index (χ2v) is 5.00. The number of carbonyl (C=O) groups excluding carboxylic acids is 1. The molecule has 1 heterocycles. The van der Waals surface area contributed by atoms with Gasteiger partial charge in [0.2, 0.25) is 5.91 Å². The van der Waals surface area contributed by atoms with Crippen molar-refractivity contribution in [2.45, 2.75) is 46.1 Å². The molecular weight excluding hydrogens is 188 g/mol. The predicted octanol–water partition coefficient (Wildman–Crippen LogP) is 1.62. The number of hydrogen-bond donors (Lipinski definition) is 1. The molecule has 3 unspecified atom stereocenters. The first-order valence-electron chi connectivity index (χ1n) is 6.06. The number of hydrogen-bond acceptors (Lipinski definition) is 2. The van der Waals surface area contributed by atoms with Crippen LogP contribution in [0.4, 0.5) is 0 Å². The summed E-state index contributed by atoms with van der Waals surface area (Å²) >= 11 is 0. The Hall–Kier alpha value is -0.570. The minimum absolute atomic E-state index is 0.0859. The van der Waals surface area contributed by atoms with Crippen molar-refractivity contribution < 1.29 is 4.79 Å². The van der Waals surface area contributed by atoms with Crippen LogP contribution in [0.3, 0.4) is 0 Å². The van der Waals surface area contributed by atoms with Crippen molar-refractivity contribution in [2.75, 3.05) is 13.1 Å². The standard InChI is InChI=1S/C12H24N2O/c1-9-4-5-11(3)14(8-9)12(15)10(2)6-7-13/h9-11H,4-8,13H2,1-3H3. The van der Waals surface area contributed by atoms with E-state index in [1.807, 2.05) is 6.92 Å². The van der Waals surface area contributed by atoms with Gasteiger partial charge in [0, 0.05) is 18.5 Å². The molecule has 0 radical (unpaired) electrons. The fourth-order valence-electron chi connectivity index (χ4n) is 2.25. The lowest BCUT2D eigenvalue weighted by atomic mass is 9.93. The molecule has 0 bridgehead atoms. The van der Waals surface area contributed by atoms with E-state index in [0.717, 1.165) is 19.4 Å². The highest BCUT2D eigenvalue weighted by molar-refractivity contribution is 5.78. The van der Waals surface area contributed by atoms with Crippen molar-refractivity contribution in [1.82, 2.24) is 4.90 Å². The van der Waals surface area contributed by atoms with Crippen molar-refractivity contribution in [2.24, 2.45) is 17.6 Å². The number of rotatable bonds is 3. The van der Waals surface area contributed by atoms with Crippen LogP contribution >= 0.6 is 0 Å². The predicted molar refractivity (Wildman–Crippen MR) is 62.4 cm³/mol. The zero-order chi connectivity index (χ0) is 11.4. The van der Waals surface area contributed by atoms with Crippen molar-refractivity contribution in [3.05, 3.63) is 0 Å². The molecule has 1 fully saturated rings. The van der Waals surface area contributed by atoms with E-state index in [2.05, 4.69) is 18.7 Å². The number of piperidine rings is 1. The Balaban J connectivity index is 2.56. The van der Waals surface area contributed by atoms with E-state index in [1.165, 1.54) is 6.42 Å². The van der Waals surface area contributed by atoms with E-state index < -0.39 is 0 Å². The molecule has 3 nitrogen and oxygen atoms in total. The van der Waals surface area contributed by atoms with Gasteiger partial charge in [0.25, 0.3) is 0 Å². The van der Waals surface area contributed by atoms with Gasteiger partial charge in [-0.25, -0.2) is 0 Å². The van der Waals surface area contributed by atoms with Gasteiger partial charge in [0.1, 0.15) is 0 Å². The van der Waals surface area contributed by atoms with E-state index >= 15 is 0 Å². The van der Waals surface area contributed by atoms with E-state index in [9.17, 15) is 4.79 Å². The number of nitrogens with two attached hydrogens (primary N) is 1. The highest BCUT2D eigenvalue weighted by Gasteiger charge is 2.29. The lowest BCUT2D eigenvalue weighted by Gasteiger charge is -2.38. The Kier molecular flexibility index (Phi) is 4.58. The van der Waals surface area contributed by atoms with Gasteiger partial charge < -0.3 is 10.6 Å². The maximum Gasteiger partial charge on any atom is 0.225 e. The molecule has 1 amide bonds. The van der Waals surface area contributed by atoms with E-state index in [0.29, 0.717) is 24.4 Å². The van der Waals surface area contributed by atoms with Gasteiger partial charge in [-0.15, -0.1) is 0 Å². The normalized spacial score (nSPS) is 28.9. The fraction of sp³-hybridized carbons (Fsp3) is 0.917. The fourth-order valence-corrected chi connectivity index (χ4v) is 2.25. The number of nitrogens with zero attached hydrogens (tertiary/aromatic N) is 1. The molecule has 15 heavy (non-hydrogen) atoms. The summed E-state index contributed by atoms with van der Waals surface area (Å²) in [7, 11) is 0. The Morgan fingerprint density at radius 1 is 1.47 bits per heavy atom. The van der Waals surface area contributed by atoms with Crippen LogP contribution in [-0.4, -0.2) is 29.9 Å². The van der Waals surface area contributed by atoms with Gasteiger partial charge in [-0.05, 0) is 38.6 Å². The first kappa shape index (κ1) is 12.5. The molecule has 3 heteroatoms. The summed E-state index contributed by atoms with van der Waals surface area (Å²) < 4.78 is 0. The summed E-state index contributed by atoms with van der Waals surface area (Å²) in [5.74, 6) is 1.03. The quantitative estimate of drug-likeness (QED) is 0.772. The summed E-state index contributed by atoms with van der Waals surface area (Å²) in [6.07, 6.45) is 3.19.